The van der Waals surface area contributed by atoms with Gasteiger partial charge in [0.2, 0.25) is 0 Å². The molecule has 144 valence electrons. The Bertz CT molecular complexity index is 956. The summed E-state index contributed by atoms with van der Waals surface area (Å²) in [5, 5.41) is 2.79. The fourth-order valence-electron chi connectivity index (χ4n) is 3.54. The van der Waals surface area contributed by atoms with Crippen LogP contribution >= 0.6 is 11.3 Å². The molecule has 28 heavy (non-hydrogen) atoms. The third-order valence-corrected chi connectivity index (χ3v) is 6.06. The van der Waals surface area contributed by atoms with Crippen LogP contribution in [0.3, 0.4) is 0 Å². The molecular weight excluding hydrogens is 366 g/mol. The van der Waals surface area contributed by atoms with Crippen LogP contribution in [0.1, 0.15) is 27.2 Å². The standard InChI is InChI=1S/C23H25N3OS/c1-17-6-8-20(9-7-17)22-24-21(16-28-22)23(27)26-12-10-25(11-13-26)15-19-5-3-4-18(2)14-19/h3-9,14,16H,10-13,15H2,1-2H3. The molecule has 0 unspecified atom stereocenters. The fraction of sp³-hybridized carbons (Fsp3) is 0.304. The van der Waals surface area contributed by atoms with Gasteiger partial charge in [0.05, 0.1) is 0 Å². The first kappa shape index (κ1) is 18.8. The molecule has 2 heterocycles. The first-order valence-corrected chi connectivity index (χ1v) is 10.6. The van der Waals surface area contributed by atoms with E-state index in [4.69, 9.17) is 0 Å². The van der Waals surface area contributed by atoms with Crippen LogP contribution in [0, 0.1) is 13.8 Å². The van der Waals surface area contributed by atoms with Gasteiger partial charge in [0, 0.05) is 43.7 Å². The van der Waals surface area contributed by atoms with Gasteiger partial charge in [0.1, 0.15) is 10.7 Å². The van der Waals surface area contributed by atoms with Crippen molar-refractivity contribution in [3.63, 3.8) is 0 Å². The van der Waals surface area contributed by atoms with Crippen LogP contribution in [0.15, 0.2) is 53.9 Å². The first-order valence-electron chi connectivity index (χ1n) is 9.68. The third-order valence-electron chi connectivity index (χ3n) is 5.17. The van der Waals surface area contributed by atoms with Crippen LogP contribution < -0.4 is 0 Å². The van der Waals surface area contributed by atoms with Gasteiger partial charge >= 0.3 is 0 Å². The average molecular weight is 392 g/mol. The zero-order valence-electron chi connectivity index (χ0n) is 16.4. The molecule has 0 saturated carbocycles. The van der Waals surface area contributed by atoms with Crippen molar-refractivity contribution in [2.75, 3.05) is 26.2 Å². The largest absolute Gasteiger partial charge is 0.335 e. The molecule has 1 aliphatic rings. The van der Waals surface area contributed by atoms with Crippen molar-refractivity contribution in [2.24, 2.45) is 0 Å². The SMILES string of the molecule is Cc1ccc(-c2nc(C(=O)N3CCN(Cc4cccc(C)c4)CC3)cs2)cc1. The molecule has 0 radical (unpaired) electrons. The second-order valence-corrected chi connectivity index (χ2v) is 8.32. The van der Waals surface area contributed by atoms with Crippen LogP contribution in [0.2, 0.25) is 0 Å². The summed E-state index contributed by atoms with van der Waals surface area (Å²) in [6, 6.07) is 16.9. The summed E-state index contributed by atoms with van der Waals surface area (Å²) in [4.78, 5) is 21.8. The van der Waals surface area contributed by atoms with E-state index in [-0.39, 0.29) is 5.91 Å². The van der Waals surface area contributed by atoms with Gasteiger partial charge in [-0.15, -0.1) is 11.3 Å². The number of carbonyl (C=O) groups is 1. The molecule has 0 spiro atoms. The molecule has 4 rings (SSSR count). The van der Waals surface area contributed by atoms with Crippen molar-refractivity contribution >= 4 is 17.2 Å². The molecule has 1 aromatic heterocycles. The lowest BCUT2D eigenvalue weighted by atomic mass is 10.1. The Balaban J connectivity index is 1.36. The number of aryl methyl sites for hydroxylation is 2. The van der Waals surface area contributed by atoms with Crippen molar-refractivity contribution in [2.45, 2.75) is 20.4 Å². The van der Waals surface area contributed by atoms with E-state index in [9.17, 15) is 4.79 Å². The maximum atomic E-state index is 12.9. The van der Waals surface area contributed by atoms with Gasteiger partial charge in [-0.3, -0.25) is 9.69 Å². The minimum Gasteiger partial charge on any atom is -0.335 e. The van der Waals surface area contributed by atoms with Crippen LogP contribution in [0.4, 0.5) is 0 Å². The highest BCUT2D eigenvalue weighted by Crippen LogP contribution is 2.25. The number of piperazine rings is 1. The van der Waals surface area contributed by atoms with E-state index in [0.717, 1.165) is 43.3 Å². The maximum absolute atomic E-state index is 12.9. The monoisotopic (exact) mass is 391 g/mol. The summed E-state index contributed by atoms with van der Waals surface area (Å²) in [6.07, 6.45) is 0. The van der Waals surface area contributed by atoms with Gasteiger partial charge in [-0.2, -0.15) is 0 Å². The number of carbonyl (C=O) groups excluding carboxylic acids is 1. The Morgan fingerprint density at radius 3 is 2.46 bits per heavy atom. The van der Waals surface area contributed by atoms with E-state index >= 15 is 0 Å². The second kappa shape index (κ2) is 8.25. The molecule has 0 N–H and O–H groups in total. The highest BCUT2D eigenvalue weighted by Gasteiger charge is 2.24. The van der Waals surface area contributed by atoms with Crippen molar-refractivity contribution in [1.82, 2.24) is 14.8 Å². The van der Waals surface area contributed by atoms with Crippen LogP contribution in [0.5, 0.6) is 0 Å². The summed E-state index contributed by atoms with van der Waals surface area (Å²) in [5.74, 6) is 0.0461. The fourth-order valence-corrected chi connectivity index (χ4v) is 4.34. The van der Waals surface area contributed by atoms with Crippen LogP contribution in [-0.4, -0.2) is 46.9 Å². The normalized spacial score (nSPS) is 15.0. The Kier molecular flexibility index (Phi) is 5.55. The second-order valence-electron chi connectivity index (χ2n) is 7.46. The molecule has 2 aromatic carbocycles. The van der Waals surface area contributed by atoms with Gasteiger partial charge in [-0.05, 0) is 19.4 Å². The molecule has 0 atom stereocenters. The average Bonchev–Trinajstić information content (AvgIpc) is 3.19. The number of thiazole rings is 1. The predicted octanol–water partition coefficient (Wildman–Crippen LogP) is 4.38. The molecule has 1 fully saturated rings. The highest BCUT2D eigenvalue weighted by molar-refractivity contribution is 7.13. The minimum absolute atomic E-state index is 0.0461. The zero-order chi connectivity index (χ0) is 19.5. The maximum Gasteiger partial charge on any atom is 0.273 e. The molecular formula is C23H25N3OS. The Morgan fingerprint density at radius 1 is 1.00 bits per heavy atom. The Hall–Kier alpha value is -2.50. The van der Waals surface area contributed by atoms with Crippen LogP contribution in [0.25, 0.3) is 10.6 Å². The molecule has 1 aliphatic heterocycles. The number of nitrogens with zero attached hydrogens (tertiary/aromatic N) is 3. The van der Waals surface area contributed by atoms with E-state index < -0.39 is 0 Å². The number of aromatic nitrogens is 1. The highest BCUT2D eigenvalue weighted by atomic mass is 32.1. The minimum atomic E-state index is 0.0461. The number of amides is 1. The number of hydrogen-bond donors (Lipinski definition) is 0. The van der Waals surface area contributed by atoms with Gasteiger partial charge in [0.15, 0.2) is 0 Å². The van der Waals surface area contributed by atoms with Gasteiger partial charge in [0.25, 0.3) is 5.91 Å². The van der Waals surface area contributed by atoms with Crippen molar-refractivity contribution in [3.8, 4) is 10.6 Å². The summed E-state index contributed by atoms with van der Waals surface area (Å²) >= 11 is 1.54. The van der Waals surface area contributed by atoms with Gasteiger partial charge in [-0.1, -0.05) is 59.7 Å². The smallest absolute Gasteiger partial charge is 0.273 e. The molecule has 1 saturated heterocycles. The Labute approximate surface area is 170 Å². The lowest BCUT2D eigenvalue weighted by Crippen LogP contribution is -2.48. The molecule has 4 nitrogen and oxygen atoms in total. The number of benzene rings is 2. The number of hydrogen-bond acceptors (Lipinski definition) is 4. The lowest BCUT2D eigenvalue weighted by Gasteiger charge is -2.34. The first-order chi connectivity index (χ1) is 13.6. The van der Waals surface area contributed by atoms with Crippen LogP contribution in [-0.2, 0) is 6.54 Å². The molecule has 0 bridgehead atoms. The van der Waals surface area contributed by atoms with E-state index in [1.807, 2.05) is 10.3 Å². The zero-order valence-corrected chi connectivity index (χ0v) is 17.2. The third kappa shape index (κ3) is 4.32. The van der Waals surface area contributed by atoms with Crippen molar-refractivity contribution in [1.29, 1.82) is 0 Å². The lowest BCUT2D eigenvalue weighted by molar-refractivity contribution is 0.0623. The van der Waals surface area contributed by atoms with E-state index in [0.29, 0.717) is 5.69 Å². The Morgan fingerprint density at radius 2 is 1.75 bits per heavy atom. The topological polar surface area (TPSA) is 36.4 Å². The molecule has 0 aliphatic carbocycles. The van der Waals surface area contributed by atoms with E-state index in [1.165, 1.54) is 28.0 Å². The number of rotatable bonds is 4. The molecule has 5 heteroatoms. The summed E-state index contributed by atoms with van der Waals surface area (Å²) < 4.78 is 0. The van der Waals surface area contributed by atoms with E-state index in [1.54, 1.807) is 0 Å². The van der Waals surface area contributed by atoms with Crippen molar-refractivity contribution < 1.29 is 4.79 Å². The van der Waals surface area contributed by atoms with Crippen molar-refractivity contribution in [3.05, 3.63) is 76.3 Å². The summed E-state index contributed by atoms with van der Waals surface area (Å²) in [5.41, 5.74) is 5.48. The predicted molar refractivity (Wildman–Crippen MR) is 115 cm³/mol. The van der Waals surface area contributed by atoms with Gasteiger partial charge in [-0.25, -0.2) is 4.98 Å². The summed E-state index contributed by atoms with van der Waals surface area (Å²) in [7, 11) is 0. The molecule has 1 amide bonds. The quantitative estimate of drug-likeness (QED) is 0.662. The summed E-state index contributed by atoms with van der Waals surface area (Å²) in [6.45, 7) is 8.43. The molecule has 3 aromatic rings. The van der Waals surface area contributed by atoms with E-state index in [2.05, 4.69) is 72.3 Å². The van der Waals surface area contributed by atoms with Gasteiger partial charge < -0.3 is 4.90 Å².